The highest BCUT2D eigenvalue weighted by Gasteiger charge is 2.15. The highest BCUT2D eigenvalue weighted by atomic mass is 32.1. The van der Waals surface area contributed by atoms with Gasteiger partial charge in [-0.2, -0.15) is 0 Å². The summed E-state index contributed by atoms with van der Waals surface area (Å²) >= 11 is 5.34. The lowest BCUT2D eigenvalue weighted by Gasteiger charge is -2.19. The Kier molecular flexibility index (Phi) is 4.80. The summed E-state index contributed by atoms with van der Waals surface area (Å²) in [5.74, 6) is 1.70. The Morgan fingerprint density at radius 2 is 1.90 bits per heavy atom. The van der Waals surface area contributed by atoms with Crippen LogP contribution in [0, 0.1) is 0 Å². The third-order valence-corrected chi connectivity index (χ3v) is 4.26. The van der Waals surface area contributed by atoms with Crippen LogP contribution in [0.5, 0.6) is 11.5 Å². The van der Waals surface area contributed by atoms with Crippen molar-refractivity contribution in [2.75, 3.05) is 19.8 Å². The highest BCUT2D eigenvalue weighted by Crippen LogP contribution is 2.30. The number of fused-ring (bicyclic) bond motifs is 1. The average Bonchev–Trinajstić information content (AvgIpc) is 3.00. The zero-order valence-electron chi connectivity index (χ0n) is 12.2. The fourth-order valence-corrected chi connectivity index (χ4v) is 3.14. The average molecular weight is 306 g/mol. The van der Waals surface area contributed by atoms with Crippen molar-refractivity contribution < 1.29 is 9.47 Å². The molecule has 0 radical (unpaired) electrons. The second kappa shape index (κ2) is 6.98. The van der Waals surface area contributed by atoms with E-state index in [2.05, 4.69) is 22.8 Å². The third-order valence-electron chi connectivity index (χ3n) is 4.00. The lowest BCUT2D eigenvalue weighted by Crippen LogP contribution is -2.41. The molecular formula is C16H22N2O2S. The van der Waals surface area contributed by atoms with Gasteiger partial charge in [0.15, 0.2) is 16.6 Å². The third kappa shape index (κ3) is 4.00. The van der Waals surface area contributed by atoms with E-state index in [1.165, 1.54) is 31.2 Å². The Labute approximate surface area is 131 Å². The first kappa shape index (κ1) is 14.4. The van der Waals surface area contributed by atoms with Crippen molar-refractivity contribution in [3.63, 3.8) is 0 Å². The first-order valence-corrected chi connectivity index (χ1v) is 8.15. The molecule has 1 aliphatic heterocycles. The van der Waals surface area contributed by atoms with Crippen LogP contribution in [0.25, 0.3) is 0 Å². The molecule has 2 N–H and O–H groups in total. The number of ether oxygens (including phenoxy) is 2. The van der Waals surface area contributed by atoms with E-state index in [1.54, 1.807) is 0 Å². The van der Waals surface area contributed by atoms with E-state index >= 15 is 0 Å². The first-order chi connectivity index (χ1) is 10.3. The summed E-state index contributed by atoms with van der Waals surface area (Å²) in [7, 11) is 0. The van der Waals surface area contributed by atoms with Crippen LogP contribution in [0.2, 0.25) is 0 Å². The monoisotopic (exact) mass is 306 g/mol. The van der Waals surface area contributed by atoms with Crippen LogP contribution in [-0.2, 0) is 6.42 Å². The van der Waals surface area contributed by atoms with Gasteiger partial charge < -0.3 is 20.1 Å². The maximum atomic E-state index is 5.60. The van der Waals surface area contributed by atoms with Crippen molar-refractivity contribution >= 4 is 17.3 Å². The van der Waals surface area contributed by atoms with Crippen molar-refractivity contribution in [1.29, 1.82) is 0 Å². The van der Waals surface area contributed by atoms with Gasteiger partial charge in [0.05, 0.1) is 0 Å². The van der Waals surface area contributed by atoms with Gasteiger partial charge in [-0.15, -0.1) is 0 Å². The van der Waals surface area contributed by atoms with Crippen molar-refractivity contribution in [2.24, 2.45) is 0 Å². The molecule has 0 amide bonds. The Morgan fingerprint density at radius 3 is 2.71 bits per heavy atom. The summed E-state index contributed by atoms with van der Waals surface area (Å²) in [5.41, 5.74) is 1.23. The van der Waals surface area contributed by atoms with Gasteiger partial charge in [0.1, 0.15) is 13.2 Å². The van der Waals surface area contributed by atoms with E-state index in [4.69, 9.17) is 21.7 Å². The molecule has 2 aliphatic rings. The molecule has 1 heterocycles. The molecule has 1 saturated carbocycles. The van der Waals surface area contributed by atoms with E-state index in [-0.39, 0.29) is 0 Å². The van der Waals surface area contributed by atoms with E-state index in [9.17, 15) is 0 Å². The van der Waals surface area contributed by atoms with Gasteiger partial charge >= 0.3 is 0 Å². The van der Waals surface area contributed by atoms with Crippen LogP contribution in [0.3, 0.4) is 0 Å². The zero-order chi connectivity index (χ0) is 14.5. The summed E-state index contributed by atoms with van der Waals surface area (Å²) in [6.07, 6.45) is 6.03. The molecule has 4 nitrogen and oxygen atoms in total. The number of hydrogen-bond acceptors (Lipinski definition) is 3. The van der Waals surface area contributed by atoms with Crippen LogP contribution in [0.15, 0.2) is 18.2 Å². The summed E-state index contributed by atoms with van der Waals surface area (Å²) in [6, 6.07) is 6.70. The van der Waals surface area contributed by atoms with Crippen LogP contribution < -0.4 is 20.1 Å². The number of nitrogens with one attached hydrogen (secondary N) is 2. The topological polar surface area (TPSA) is 42.5 Å². The minimum Gasteiger partial charge on any atom is -0.486 e. The van der Waals surface area contributed by atoms with Gasteiger partial charge in [-0.1, -0.05) is 18.9 Å². The molecule has 1 aromatic rings. The highest BCUT2D eigenvalue weighted by molar-refractivity contribution is 7.80. The minimum absolute atomic E-state index is 0.569. The number of rotatable bonds is 4. The van der Waals surface area contributed by atoms with E-state index in [0.29, 0.717) is 19.3 Å². The Bertz CT molecular complexity index is 501. The van der Waals surface area contributed by atoms with Gasteiger partial charge in [0.2, 0.25) is 0 Å². The molecule has 0 bridgehead atoms. The van der Waals surface area contributed by atoms with Gasteiger partial charge in [-0.25, -0.2) is 0 Å². The smallest absolute Gasteiger partial charge is 0.166 e. The molecule has 0 saturated heterocycles. The van der Waals surface area contributed by atoms with Crippen molar-refractivity contribution in [3.05, 3.63) is 23.8 Å². The van der Waals surface area contributed by atoms with Gasteiger partial charge in [0.25, 0.3) is 0 Å². The van der Waals surface area contributed by atoms with Crippen molar-refractivity contribution in [2.45, 2.75) is 38.1 Å². The Hall–Kier alpha value is -1.49. The Balaban J connectivity index is 1.43. The summed E-state index contributed by atoms with van der Waals surface area (Å²) in [4.78, 5) is 0. The largest absolute Gasteiger partial charge is 0.486 e. The van der Waals surface area contributed by atoms with Crippen LogP contribution in [0.4, 0.5) is 0 Å². The molecule has 1 aromatic carbocycles. The lowest BCUT2D eigenvalue weighted by molar-refractivity contribution is 0.171. The summed E-state index contributed by atoms with van der Waals surface area (Å²) < 4.78 is 11.1. The van der Waals surface area contributed by atoms with E-state index in [0.717, 1.165) is 29.6 Å². The van der Waals surface area contributed by atoms with Gasteiger partial charge in [-0.3, -0.25) is 0 Å². The predicted molar refractivity (Wildman–Crippen MR) is 87.1 cm³/mol. The van der Waals surface area contributed by atoms with Crippen LogP contribution in [0.1, 0.15) is 31.2 Å². The normalized spacial score (nSPS) is 17.5. The minimum atomic E-state index is 0.569. The Morgan fingerprint density at radius 1 is 1.14 bits per heavy atom. The standard InChI is InChI=1S/C16H22N2O2S/c21-16(18-13-3-1-2-4-13)17-8-7-12-5-6-14-15(11-12)20-10-9-19-14/h5-6,11,13H,1-4,7-10H2,(H2,17,18,21). The SMILES string of the molecule is S=C(NCCc1ccc2c(c1)OCCO2)NC1CCCC1. The molecule has 114 valence electrons. The van der Waals surface area contributed by atoms with Gasteiger partial charge in [-0.05, 0) is 49.2 Å². The maximum absolute atomic E-state index is 5.60. The fraction of sp³-hybridized carbons (Fsp3) is 0.562. The lowest BCUT2D eigenvalue weighted by atomic mass is 10.1. The molecule has 0 unspecified atom stereocenters. The molecule has 1 fully saturated rings. The maximum Gasteiger partial charge on any atom is 0.166 e. The fourth-order valence-electron chi connectivity index (χ4n) is 2.87. The molecule has 5 heteroatoms. The molecule has 3 rings (SSSR count). The van der Waals surface area contributed by atoms with Crippen molar-refractivity contribution in [3.8, 4) is 11.5 Å². The number of hydrogen-bond donors (Lipinski definition) is 2. The summed E-state index contributed by atoms with van der Waals surface area (Å²) in [5, 5.41) is 7.45. The van der Waals surface area contributed by atoms with Crippen LogP contribution >= 0.6 is 12.2 Å². The molecular weight excluding hydrogens is 284 g/mol. The molecule has 0 aromatic heterocycles. The van der Waals surface area contributed by atoms with Gasteiger partial charge in [0, 0.05) is 12.6 Å². The summed E-state index contributed by atoms with van der Waals surface area (Å²) in [6.45, 7) is 2.09. The van der Waals surface area contributed by atoms with E-state index in [1.807, 2.05) is 6.07 Å². The molecule has 0 spiro atoms. The second-order valence-electron chi connectivity index (χ2n) is 5.61. The zero-order valence-corrected chi connectivity index (χ0v) is 13.0. The van der Waals surface area contributed by atoms with Crippen LogP contribution in [-0.4, -0.2) is 30.9 Å². The number of benzene rings is 1. The quantitative estimate of drug-likeness (QED) is 0.836. The number of thiocarbonyl (C=S) groups is 1. The predicted octanol–water partition coefficient (Wildman–Crippen LogP) is 2.41. The van der Waals surface area contributed by atoms with E-state index < -0.39 is 0 Å². The molecule has 1 aliphatic carbocycles. The first-order valence-electron chi connectivity index (χ1n) is 7.74. The molecule has 21 heavy (non-hydrogen) atoms. The van der Waals surface area contributed by atoms with Crippen molar-refractivity contribution in [1.82, 2.24) is 10.6 Å². The molecule has 0 atom stereocenters. The second-order valence-corrected chi connectivity index (χ2v) is 6.02.